The highest BCUT2D eigenvalue weighted by atomic mass is 35.5. The molecule has 0 radical (unpaired) electrons. The number of benzene rings is 1. The average Bonchev–Trinajstić information content (AvgIpc) is 2.12. The maximum absolute atomic E-state index is 13.1. The molecule has 0 N–H and O–H groups in total. The van der Waals surface area contributed by atoms with E-state index < -0.39 is 0 Å². The summed E-state index contributed by atoms with van der Waals surface area (Å²) in [5, 5.41) is 8.72. The number of aromatic nitrogens is 2. The molecule has 1 aromatic heterocycles. The van der Waals surface area contributed by atoms with Crippen LogP contribution in [0.5, 0.6) is 0 Å². The molecule has 0 saturated heterocycles. The summed E-state index contributed by atoms with van der Waals surface area (Å²) >= 11 is 5.86. The Morgan fingerprint density at radius 2 is 2.15 bits per heavy atom. The van der Waals surface area contributed by atoms with Crippen LogP contribution in [-0.2, 0) is 0 Å². The number of fused-ring (bicyclic) bond motifs is 1. The number of nitrogens with zero attached hydrogens (tertiary/aromatic N) is 2. The first-order chi connectivity index (χ1) is 6.20. The van der Waals surface area contributed by atoms with E-state index in [2.05, 4.69) is 10.2 Å². The van der Waals surface area contributed by atoms with Crippen molar-refractivity contribution in [1.29, 1.82) is 0 Å². The van der Waals surface area contributed by atoms with Crippen LogP contribution >= 0.6 is 11.6 Å². The molecule has 1 aromatic carbocycles. The van der Waals surface area contributed by atoms with Crippen LogP contribution in [0.2, 0.25) is 5.02 Å². The van der Waals surface area contributed by atoms with Crippen LogP contribution in [0.15, 0.2) is 18.3 Å². The molecule has 2 nitrogen and oxygen atoms in total. The highest BCUT2D eigenvalue weighted by molar-refractivity contribution is 6.35. The normalized spacial score (nSPS) is 10.7. The van der Waals surface area contributed by atoms with Gasteiger partial charge in [0.25, 0.3) is 0 Å². The molecule has 0 aliphatic carbocycles. The zero-order chi connectivity index (χ0) is 9.42. The Bertz CT molecular complexity index is 470. The van der Waals surface area contributed by atoms with Gasteiger partial charge in [0.1, 0.15) is 11.3 Å². The van der Waals surface area contributed by atoms with E-state index in [1.165, 1.54) is 12.3 Å². The lowest BCUT2D eigenvalue weighted by Crippen LogP contribution is -1.90. The van der Waals surface area contributed by atoms with Crippen molar-refractivity contribution in [3.05, 3.63) is 34.7 Å². The van der Waals surface area contributed by atoms with Gasteiger partial charge in [0.05, 0.1) is 11.2 Å². The Kier molecular flexibility index (Phi) is 1.88. The Hall–Kier alpha value is -1.22. The molecule has 1 heterocycles. The third-order valence-electron chi connectivity index (χ3n) is 1.95. The van der Waals surface area contributed by atoms with E-state index in [1.54, 1.807) is 13.0 Å². The lowest BCUT2D eigenvalue weighted by Gasteiger charge is -2.01. The lowest BCUT2D eigenvalue weighted by atomic mass is 10.1. The zero-order valence-electron chi connectivity index (χ0n) is 6.88. The van der Waals surface area contributed by atoms with Crippen molar-refractivity contribution in [2.45, 2.75) is 6.92 Å². The monoisotopic (exact) mass is 196 g/mol. The summed E-state index contributed by atoms with van der Waals surface area (Å²) in [6.07, 6.45) is 1.45. The molecular formula is C9H6ClFN2. The lowest BCUT2D eigenvalue weighted by molar-refractivity contribution is 0.620. The van der Waals surface area contributed by atoms with Gasteiger partial charge in [-0.15, -0.1) is 0 Å². The van der Waals surface area contributed by atoms with E-state index in [9.17, 15) is 4.39 Å². The van der Waals surface area contributed by atoms with E-state index in [-0.39, 0.29) is 5.82 Å². The summed E-state index contributed by atoms with van der Waals surface area (Å²) < 4.78 is 13.1. The van der Waals surface area contributed by atoms with Gasteiger partial charge in [0.2, 0.25) is 0 Å². The Balaban J connectivity index is 2.94. The maximum Gasteiger partial charge on any atom is 0.128 e. The summed E-state index contributed by atoms with van der Waals surface area (Å²) in [5.41, 5.74) is 1.00. The zero-order valence-corrected chi connectivity index (χ0v) is 7.64. The SMILES string of the molecule is Cc1c(F)ccc2c(Cl)cnnc12. The quantitative estimate of drug-likeness (QED) is 0.648. The van der Waals surface area contributed by atoms with Gasteiger partial charge in [0.15, 0.2) is 0 Å². The van der Waals surface area contributed by atoms with Crippen LogP contribution < -0.4 is 0 Å². The second-order valence-electron chi connectivity index (χ2n) is 2.76. The molecule has 0 aliphatic rings. The predicted octanol–water partition coefficient (Wildman–Crippen LogP) is 2.73. The summed E-state index contributed by atoms with van der Waals surface area (Å²) in [6, 6.07) is 2.99. The summed E-state index contributed by atoms with van der Waals surface area (Å²) in [5.74, 6) is -0.288. The topological polar surface area (TPSA) is 25.8 Å². The van der Waals surface area contributed by atoms with E-state index >= 15 is 0 Å². The molecule has 0 atom stereocenters. The smallest absolute Gasteiger partial charge is 0.128 e. The van der Waals surface area contributed by atoms with Gasteiger partial charge in [-0.25, -0.2) is 4.39 Å². The molecule has 4 heteroatoms. The first kappa shape index (κ1) is 8.38. The minimum atomic E-state index is -0.288. The Morgan fingerprint density at radius 1 is 1.38 bits per heavy atom. The third-order valence-corrected chi connectivity index (χ3v) is 2.25. The van der Waals surface area contributed by atoms with Gasteiger partial charge >= 0.3 is 0 Å². The summed E-state index contributed by atoms with van der Waals surface area (Å²) in [4.78, 5) is 0. The number of hydrogen-bond acceptors (Lipinski definition) is 2. The van der Waals surface area contributed by atoms with E-state index in [1.807, 2.05) is 0 Å². The molecule has 2 aromatic rings. The van der Waals surface area contributed by atoms with E-state index in [0.29, 0.717) is 16.1 Å². The second kappa shape index (κ2) is 2.92. The first-order valence-corrected chi connectivity index (χ1v) is 4.14. The standard InChI is InChI=1S/C9H6ClFN2/c1-5-8(11)3-2-6-7(10)4-12-13-9(5)6/h2-4H,1H3. The minimum absolute atomic E-state index is 0.288. The molecule has 0 aliphatic heterocycles. The Labute approximate surface area is 79.4 Å². The van der Waals surface area contributed by atoms with Gasteiger partial charge in [-0.1, -0.05) is 11.6 Å². The highest BCUT2D eigenvalue weighted by Crippen LogP contribution is 2.23. The van der Waals surface area contributed by atoms with Crippen molar-refractivity contribution in [3.8, 4) is 0 Å². The van der Waals surface area contributed by atoms with Crippen LogP contribution in [0.1, 0.15) is 5.56 Å². The molecule has 2 rings (SSSR count). The van der Waals surface area contributed by atoms with Gasteiger partial charge < -0.3 is 0 Å². The minimum Gasteiger partial charge on any atom is -0.207 e. The first-order valence-electron chi connectivity index (χ1n) is 3.76. The van der Waals surface area contributed by atoms with Crippen molar-refractivity contribution in [3.63, 3.8) is 0 Å². The van der Waals surface area contributed by atoms with E-state index in [4.69, 9.17) is 11.6 Å². The van der Waals surface area contributed by atoms with Crippen molar-refractivity contribution < 1.29 is 4.39 Å². The average molecular weight is 197 g/mol. The molecule has 0 amide bonds. The molecule has 0 bridgehead atoms. The number of hydrogen-bond donors (Lipinski definition) is 0. The summed E-state index contributed by atoms with van der Waals surface area (Å²) in [6.45, 7) is 1.66. The summed E-state index contributed by atoms with van der Waals surface area (Å²) in [7, 11) is 0. The predicted molar refractivity (Wildman–Crippen MR) is 49.2 cm³/mol. The third kappa shape index (κ3) is 1.25. The molecular weight excluding hydrogens is 191 g/mol. The van der Waals surface area contributed by atoms with Gasteiger partial charge in [-0.05, 0) is 19.1 Å². The van der Waals surface area contributed by atoms with Crippen LogP contribution in [0.25, 0.3) is 10.9 Å². The van der Waals surface area contributed by atoms with Crippen molar-refractivity contribution in [1.82, 2.24) is 10.2 Å². The van der Waals surface area contributed by atoms with Gasteiger partial charge in [0, 0.05) is 10.9 Å². The maximum atomic E-state index is 13.1. The van der Waals surface area contributed by atoms with Gasteiger partial charge in [-0.2, -0.15) is 10.2 Å². The Morgan fingerprint density at radius 3 is 2.92 bits per heavy atom. The molecule has 66 valence electrons. The van der Waals surface area contributed by atoms with Crippen molar-refractivity contribution >= 4 is 22.5 Å². The highest BCUT2D eigenvalue weighted by Gasteiger charge is 2.06. The molecule has 0 saturated carbocycles. The fourth-order valence-electron chi connectivity index (χ4n) is 1.20. The molecule has 13 heavy (non-hydrogen) atoms. The van der Waals surface area contributed by atoms with Crippen molar-refractivity contribution in [2.24, 2.45) is 0 Å². The van der Waals surface area contributed by atoms with Crippen LogP contribution in [0.3, 0.4) is 0 Å². The molecule has 0 spiro atoms. The number of rotatable bonds is 0. The fraction of sp³-hybridized carbons (Fsp3) is 0.111. The number of aryl methyl sites for hydroxylation is 1. The molecule has 0 fully saturated rings. The molecule has 0 unspecified atom stereocenters. The van der Waals surface area contributed by atoms with Gasteiger partial charge in [-0.3, -0.25) is 0 Å². The largest absolute Gasteiger partial charge is 0.207 e. The van der Waals surface area contributed by atoms with Crippen LogP contribution in [-0.4, -0.2) is 10.2 Å². The van der Waals surface area contributed by atoms with Crippen molar-refractivity contribution in [2.75, 3.05) is 0 Å². The van der Waals surface area contributed by atoms with E-state index in [0.717, 1.165) is 5.39 Å². The van der Waals surface area contributed by atoms with Crippen LogP contribution in [0, 0.1) is 12.7 Å². The van der Waals surface area contributed by atoms with Crippen LogP contribution in [0.4, 0.5) is 4.39 Å². The second-order valence-corrected chi connectivity index (χ2v) is 3.17. The fourth-order valence-corrected chi connectivity index (χ4v) is 1.40. The number of halogens is 2.